The number of rotatable bonds is 2. The Morgan fingerprint density at radius 3 is 2.34 bits per heavy atom. The van der Waals surface area contributed by atoms with E-state index in [1.807, 2.05) is 60.7 Å². The van der Waals surface area contributed by atoms with Crippen LogP contribution in [0.25, 0.3) is 44.3 Å². The summed E-state index contributed by atoms with van der Waals surface area (Å²) in [7, 11) is 0. The maximum atomic E-state index is 4.28. The van der Waals surface area contributed by atoms with Crippen LogP contribution in [0.3, 0.4) is 0 Å². The second-order valence-electron chi connectivity index (χ2n) is 6.75. The molecule has 3 heterocycles. The summed E-state index contributed by atoms with van der Waals surface area (Å²) in [6.45, 7) is 0. The summed E-state index contributed by atoms with van der Waals surface area (Å²) >= 11 is 0. The molecular formula is C25H16N6Os. The molecule has 0 bridgehead atoms. The van der Waals surface area contributed by atoms with Gasteiger partial charge in [-0.2, -0.15) is 5.10 Å². The van der Waals surface area contributed by atoms with Crippen LogP contribution in [0.5, 0.6) is 0 Å². The molecule has 6 rings (SSSR count). The molecule has 0 spiro atoms. The van der Waals surface area contributed by atoms with E-state index < -0.39 is 0 Å². The number of aromatic nitrogens is 6. The molecule has 0 aliphatic carbocycles. The fourth-order valence-corrected chi connectivity index (χ4v) is 3.31. The van der Waals surface area contributed by atoms with Crippen molar-refractivity contribution < 1.29 is 19.8 Å². The van der Waals surface area contributed by atoms with Gasteiger partial charge >= 0.3 is 19.8 Å². The van der Waals surface area contributed by atoms with Crippen LogP contribution in [0.4, 0.5) is 0 Å². The van der Waals surface area contributed by atoms with Gasteiger partial charge in [0.25, 0.3) is 0 Å². The average Bonchev–Trinajstić information content (AvgIpc) is 3.39. The zero-order chi connectivity index (χ0) is 20.9. The summed E-state index contributed by atoms with van der Waals surface area (Å²) in [6, 6.07) is 29.3. The summed E-state index contributed by atoms with van der Waals surface area (Å²) in [5.74, 6) is 0.576. The Labute approximate surface area is 197 Å². The predicted molar refractivity (Wildman–Crippen MR) is 120 cm³/mol. The van der Waals surface area contributed by atoms with Crippen LogP contribution in [0.2, 0.25) is 0 Å². The van der Waals surface area contributed by atoms with E-state index in [1.54, 1.807) is 12.4 Å². The fourth-order valence-electron chi connectivity index (χ4n) is 3.31. The van der Waals surface area contributed by atoms with Gasteiger partial charge in [0.05, 0.1) is 5.69 Å². The summed E-state index contributed by atoms with van der Waals surface area (Å²) in [6.07, 6.45) is 4.86. The van der Waals surface area contributed by atoms with E-state index in [4.69, 9.17) is 0 Å². The first-order valence-electron chi connectivity index (χ1n) is 9.71. The van der Waals surface area contributed by atoms with Crippen molar-refractivity contribution >= 4 is 21.5 Å². The van der Waals surface area contributed by atoms with Gasteiger partial charge in [-0.25, -0.2) is 5.10 Å². The zero-order valence-electron chi connectivity index (χ0n) is 16.8. The molecule has 3 aromatic carbocycles. The minimum Gasteiger partial charge on any atom is -0.424 e. The van der Waals surface area contributed by atoms with E-state index in [1.165, 1.54) is 17.1 Å². The van der Waals surface area contributed by atoms with Crippen molar-refractivity contribution in [1.82, 2.24) is 30.4 Å². The van der Waals surface area contributed by atoms with Crippen LogP contribution < -0.4 is 5.10 Å². The maximum Gasteiger partial charge on any atom is 2.00 e. The topological polar surface area (TPSA) is 78.5 Å². The normalized spacial score (nSPS) is 10.2. The van der Waals surface area contributed by atoms with Crippen molar-refractivity contribution in [2.75, 3.05) is 0 Å². The summed E-state index contributed by atoms with van der Waals surface area (Å²) in [4.78, 5) is 8.34. The molecule has 6 nitrogen and oxygen atoms in total. The first-order chi connectivity index (χ1) is 15.4. The van der Waals surface area contributed by atoms with Crippen LogP contribution in [0.15, 0.2) is 97.6 Å². The molecule has 3 aromatic heterocycles. The van der Waals surface area contributed by atoms with Crippen LogP contribution >= 0.6 is 0 Å². The molecule has 0 aliphatic rings. The number of pyridine rings is 1. The Bertz CT molecular complexity index is 1430. The van der Waals surface area contributed by atoms with Crippen molar-refractivity contribution in [3.8, 4) is 22.8 Å². The van der Waals surface area contributed by atoms with Gasteiger partial charge in [0, 0.05) is 29.8 Å². The van der Waals surface area contributed by atoms with Crippen molar-refractivity contribution in [3.05, 3.63) is 104 Å². The monoisotopic (exact) mass is 592 g/mol. The molecular weight excluding hydrogens is 575 g/mol. The van der Waals surface area contributed by atoms with Crippen LogP contribution in [0, 0.1) is 6.07 Å². The molecule has 0 radical (unpaired) electrons. The molecule has 0 saturated carbocycles. The number of fused-ring (bicyclic) bond motifs is 2. The molecule has 0 unspecified atom stereocenters. The predicted octanol–water partition coefficient (Wildman–Crippen LogP) is 4.74. The molecule has 0 fully saturated rings. The Morgan fingerprint density at radius 2 is 1.56 bits per heavy atom. The van der Waals surface area contributed by atoms with Gasteiger partial charge in [0.1, 0.15) is 0 Å². The van der Waals surface area contributed by atoms with E-state index in [0.717, 1.165) is 27.7 Å². The number of hydrogen-bond donors (Lipinski definition) is 0. The van der Waals surface area contributed by atoms with E-state index in [2.05, 4.69) is 54.6 Å². The average molecular weight is 591 g/mol. The molecule has 0 aliphatic heterocycles. The largest absolute Gasteiger partial charge is 2.00 e. The smallest absolute Gasteiger partial charge is 0.424 e. The second-order valence-corrected chi connectivity index (χ2v) is 6.75. The minimum absolute atomic E-state index is 0. The van der Waals surface area contributed by atoms with E-state index in [0.29, 0.717) is 5.82 Å². The van der Waals surface area contributed by atoms with E-state index >= 15 is 0 Å². The van der Waals surface area contributed by atoms with Crippen LogP contribution in [-0.4, -0.2) is 25.3 Å². The van der Waals surface area contributed by atoms with Crippen molar-refractivity contribution in [1.29, 1.82) is 0 Å². The molecule has 0 saturated heterocycles. The molecule has 32 heavy (non-hydrogen) atoms. The van der Waals surface area contributed by atoms with Gasteiger partial charge < -0.3 is 10.1 Å². The summed E-state index contributed by atoms with van der Waals surface area (Å²) < 4.78 is 0. The minimum atomic E-state index is 0. The quantitative estimate of drug-likeness (QED) is 0.271. The first kappa shape index (κ1) is 21.4. The summed E-state index contributed by atoms with van der Waals surface area (Å²) in [5.41, 5.74) is 2.62. The fraction of sp³-hybridized carbons (Fsp3) is 0. The zero-order valence-corrected chi connectivity index (χ0v) is 19.3. The number of nitrogens with zero attached hydrogens (tertiary/aromatic N) is 6. The molecule has 154 valence electrons. The van der Waals surface area contributed by atoms with Gasteiger partial charge in [0.15, 0.2) is 0 Å². The first-order valence-corrected chi connectivity index (χ1v) is 9.71. The number of benzene rings is 3. The number of hydrogen-bond acceptors (Lipinski definition) is 5. The standard InChI is InChI=1S/C14H9N2.C11H7N4.Os/c1-2-5-12-10-13(8-7-11(12)4-1)14-6-3-9-15-16-14;1-2-4-9-8(3-1)5-6-12-10(9)11-13-7-14-15-11;/h1-7,9-10H;1-7H;/q2*-1;+2. The van der Waals surface area contributed by atoms with Crippen molar-refractivity contribution in [2.45, 2.75) is 0 Å². The van der Waals surface area contributed by atoms with E-state index in [9.17, 15) is 0 Å². The molecule has 0 N–H and O–H groups in total. The third-order valence-corrected chi connectivity index (χ3v) is 4.80. The molecule has 7 heteroatoms. The Hall–Kier alpha value is -3.81. The Balaban J connectivity index is 0.000000149. The SMILES string of the molecule is [Os+2].[c-]1cc2ccccc2cc1-c1cccnn1.c1ccc2c(-c3ncn[n-]3)nccc2c1. The second kappa shape index (κ2) is 10.00. The van der Waals surface area contributed by atoms with Crippen molar-refractivity contribution in [2.24, 2.45) is 0 Å². The van der Waals surface area contributed by atoms with E-state index in [-0.39, 0.29) is 19.8 Å². The maximum absolute atomic E-state index is 4.28. The molecule has 6 aromatic rings. The van der Waals surface area contributed by atoms with Gasteiger partial charge in [-0.05, 0) is 23.3 Å². The molecule has 0 atom stereocenters. The third-order valence-electron chi connectivity index (χ3n) is 4.80. The Kier molecular flexibility index (Phi) is 6.69. The Morgan fingerprint density at radius 1 is 0.750 bits per heavy atom. The third kappa shape index (κ3) is 4.59. The molecule has 0 amide bonds. The van der Waals surface area contributed by atoms with Gasteiger partial charge in [-0.3, -0.25) is 10.1 Å². The van der Waals surface area contributed by atoms with Crippen molar-refractivity contribution in [3.63, 3.8) is 0 Å². The van der Waals surface area contributed by atoms with Gasteiger partial charge in [-0.1, -0.05) is 60.0 Å². The van der Waals surface area contributed by atoms with Crippen LogP contribution in [0.1, 0.15) is 0 Å². The van der Waals surface area contributed by atoms with Crippen LogP contribution in [-0.2, 0) is 19.8 Å². The van der Waals surface area contributed by atoms with Gasteiger partial charge in [0.2, 0.25) is 0 Å². The summed E-state index contributed by atoms with van der Waals surface area (Å²) in [5, 5.41) is 20.1. The van der Waals surface area contributed by atoms with Gasteiger partial charge in [-0.15, -0.1) is 29.1 Å².